The van der Waals surface area contributed by atoms with Gasteiger partial charge in [-0.25, -0.2) is 13.4 Å². The van der Waals surface area contributed by atoms with Gasteiger partial charge in [-0.1, -0.05) is 12.8 Å². The van der Waals surface area contributed by atoms with Crippen molar-refractivity contribution >= 4 is 15.7 Å². The van der Waals surface area contributed by atoms with E-state index in [4.69, 9.17) is 4.74 Å². The first kappa shape index (κ1) is 14.3. The van der Waals surface area contributed by atoms with Crippen molar-refractivity contribution < 1.29 is 13.2 Å². The standard InChI is InChI=1S/C13H20N2O3S/c1-19(16,17)12-7-4-8-14-13(12)15-9-10-18-11-5-2-3-6-11/h4,7-8,11H,2-3,5-6,9-10H2,1H3,(H,14,15). The van der Waals surface area contributed by atoms with Crippen LogP contribution in [0.5, 0.6) is 0 Å². The van der Waals surface area contributed by atoms with Gasteiger partial charge in [-0.05, 0) is 25.0 Å². The van der Waals surface area contributed by atoms with E-state index < -0.39 is 9.84 Å². The van der Waals surface area contributed by atoms with Crippen molar-refractivity contribution in [2.45, 2.75) is 36.7 Å². The summed E-state index contributed by atoms with van der Waals surface area (Å²) >= 11 is 0. The Kier molecular flexibility index (Phi) is 4.76. The van der Waals surface area contributed by atoms with Crippen LogP contribution in [0, 0.1) is 0 Å². The summed E-state index contributed by atoms with van der Waals surface area (Å²) in [7, 11) is -3.25. The molecule has 1 aliphatic carbocycles. The molecule has 0 saturated heterocycles. The first-order valence-electron chi connectivity index (χ1n) is 6.58. The minimum Gasteiger partial charge on any atom is -0.376 e. The molecule has 0 aliphatic heterocycles. The molecule has 2 rings (SSSR count). The van der Waals surface area contributed by atoms with Crippen molar-refractivity contribution in [1.29, 1.82) is 0 Å². The van der Waals surface area contributed by atoms with Crippen molar-refractivity contribution in [3.8, 4) is 0 Å². The Hall–Kier alpha value is -1.14. The maximum atomic E-state index is 11.6. The highest BCUT2D eigenvalue weighted by molar-refractivity contribution is 7.90. The molecular formula is C13H20N2O3S. The lowest BCUT2D eigenvalue weighted by Gasteiger charge is -2.13. The smallest absolute Gasteiger partial charge is 0.179 e. The lowest BCUT2D eigenvalue weighted by molar-refractivity contribution is 0.0658. The van der Waals surface area contributed by atoms with Crippen LogP contribution in [-0.2, 0) is 14.6 Å². The average Bonchev–Trinajstić information content (AvgIpc) is 2.87. The van der Waals surface area contributed by atoms with Crippen molar-refractivity contribution in [3.63, 3.8) is 0 Å². The Labute approximate surface area is 114 Å². The summed E-state index contributed by atoms with van der Waals surface area (Å²) in [6.45, 7) is 1.14. The zero-order valence-electron chi connectivity index (χ0n) is 11.1. The molecule has 106 valence electrons. The summed E-state index contributed by atoms with van der Waals surface area (Å²) in [5, 5.41) is 3.03. The molecule has 1 aromatic heterocycles. The molecular weight excluding hydrogens is 264 g/mol. The van der Waals surface area contributed by atoms with Crippen LogP contribution in [0.3, 0.4) is 0 Å². The Bertz CT molecular complexity index is 510. The monoisotopic (exact) mass is 284 g/mol. The van der Waals surface area contributed by atoms with Gasteiger partial charge in [-0.2, -0.15) is 0 Å². The number of rotatable bonds is 6. The molecule has 1 aliphatic rings. The van der Waals surface area contributed by atoms with Gasteiger partial charge in [0.2, 0.25) is 0 Å². The van der Waals surface area contributed by atoms with Gasteiger partial charge >= 0.3 is 0 Å². The molecule has 1 heterocycles. The molecule has 1 N–H and O–H groups in total. The summed E-state index contributed by atoms with van der Waals surface area (Å²) in [5.74, 6) is 0.403. The third-order valence-electron chi connectivity index (χ3n) is 3.22. The molecule has 0 spiro atoms. The number of nitrogens with zero attached hydrogens (tertiary/aromatic N) is 1. The van der Waals surface area contributed by atoms with Crippen LogP contribution >= 0.6 is 0 Å². The molecule has 1 saturated carbocycles. The van der Waals surface area contributed by atoms with Crippen LogP contribution in [0.15, 0.2) is 23.2 Å². The van der Waals surface area contributed by atoms with Gasteiger partial charge in [-0.15, -0.1) is 0 Å². The quantitative estimate of drug-likeness (QED) is 0.808. The molecule has 0 aromatic carbocycles. The van der Waals surface area contributed by atoms with Gasteiger partial charge in [0.25, 0.3) is 0 Å². The van der Waals surface area contributed by atoms with Crippen molar-refractivity contribution in [3.05, 3.63) is 18.3 Å². The van der Waals surface area contributed by atoms with Crippen LogP contribution in [-0.4, -0.2) is 38.9 Å². The number of pyridine rings is 1. The first-order valence-corrected chi connectivity index (χ1v) is 8.47. The Morgan fingerprint density at radius 1 is 1.42 bits per heavy atom. The third kappa shape index (κ3) is 4.18. The summed E-state index contributed by atoms with van der Waals surface area (Å²) in [4.78, 5) is 4.30. The number of aromatic nitrogens is 1. The zero-order valence-corrected chi connectivity index (χ0v) is 11.9. The fourth-order valence-electron chi connectivity index (χ4n) is 2.27. The molecule has 0 unspecified atom stereocenters. The van der Waals surface area contributed by atoms with E-state index >= 15 is 0 Å². The molecule has 5 nitrogen and oxygen atoms in total. The second kappa shape index (κ2) is 6.34. The second-order valence-electron chi connectivity index (χ2n) is 4.83. The van der Waals surface area contributed by atoms with E-state index in [0.717, 1.165) is 12.8 Å². The van der Waals surface area contributed by atoms with E-state index in [2.05, 4.69) is 10.3 Å². The van der Waals surface area contributed by atoms with E-state index in [0.29, 0.717) is 25.1 Å². The average molecular weight is 284 g/mol. The summed E-state index contributed by atoms with van der Waals surface area (Å²) in [6.07, 6.45) is 7.91. The molecule has 0 bridgehead atoms. The molecule has 6 heteroatoms. The van der Waals surface area contributed by atoms with Gasteiger partial charge in [0, 0.05) is 19.0 Å². The van der Waals surface area contributed by atoms with E-state index in [1.54, 1.807) is 18.3 Å². The lowest BCUT2D eigenvalue weighted by Crippen LogP contribution is -2.17. The van der Waals surface area contributed by atoms with Gasteiger partial charge in [0.05, 0.1) is 12.7 Å². The number of anilines is 1. The molecule has 1 fully saturated rings. The highest BCUT2D eigenvalue weighted by Crippen LogP contribution is 2.21. The second-order valence-corrected chi connectivity index (χ2v) is 6.81. The van der Waals surface area contributed by atoms with E-state index in [1.165, 1.54) is 19.1 Å². The van der Waals surface area contributed by atoms with Crippen LogP contribution in [0.1, 0.15) is 25.7 Å². The van der Waals surface area contributed by atoms with E-state index in [-0.39, 0.29) is 4.90 Å². The van der Waals surface area contributed by atoms with Gasteiger partial charge in [0.1, 0.15) is 10.7 Å². The number of ether oxygens (including phenoxy) is 1. The van der Waals surface area contributed by atoms with Crippen LogP contribution < -0.4 is 5.32 Å². The van der Waals surface area contributed by atoms with Crippen molar-refractivity contribution in [2.24, 2.45) is 0 Å². The van der Waals surface area contributed by atoms with E-state index in [1.807, 2.05) is 0 Å². The molecule has 0 atom stereocenters. The Morgan fingerprint density at radius 3 is 2.84 bits per heavy atom. The maximum Gasteiger partial charge on any atom is 0.179 e. The number of hydrogen-bond acceptors (Lipinski definition) is 5. The first-order chi connectivity index (χ1) is 9.07. The zero-order chi connectivity index (χ0) is 13.7. The number of hydrogen-bond donors (Lipinski definition) is 1. The predicted octanol–water partition coefficient (Wildman–Crippen LogP) is 1.86. The van der Waals surface area contributed by atoms with Crippen molar-refractivity contribution in [2.75, 3.05) is 24.7 Å². The number of sulfone groups is 1. The van der Waals surface area contributed by atoms with Crippen LogP contribution in [0.25, 0.3) is 0 Å². The molecule has 19 heavy (non-hydrogen) atoms. The predicted molar refractivity (Wildman–Crippen MR) is 74.0 cm³/mol. The highest BCUT2D eigenvalue weighted by Gasteiger charge is 2.16. The molecule has 0 amide bonds. The normalized spacial score (nSPS) is 16.7. The van der Waals surface area contributed by atoms with E-state index in [9.17, 15) is 8.42 Å². The Balaban J connectivity index is 1.85. The topological polar surface area (TPSA) is 68.3 Å². The van der Waals surface area contributed by atoms with Gasteiger partial charge in [-0.3, -0.25) is 0 Å². The summed E-state index contributed by atoms with van der Waals surface area (Å²) in [6, 6.07) is 3.18. The van der Waals surface area contributed by atoms with Crippen LogP contribution in [0.2, 0.25) is 0 Å². The van der Waals surface area contributed by atoms with Crippen molar-refractivity contribution in [1.82, 2.24) is 4.98 Å². The SMILES string of the molecule is CS(=O)(=O)c1cccnc1NCCOC1CCCC1. The highest BCUT2D eigenvalue weighted by atomic mass is 32.2. The Morgan fingerprint density at radius 2 is 2.16 bits per heavy atom. The van der Waals surface area contributed by atoms with Crippen LogP contribution in [0.4, 0.5) is 5.82 Å². The lowest BCUT2D eigenvalue weighted by atomic mass is 10.3. The van der Waals surface area contributed by atoms with Gasteiger partial charge in [0.15, 0.2) is 9.84 Å². The van der Waals surface area contributed by atoms with Gasteiger partial charge < -0.3 is 10.1 Å². The summed E-state index contributed by atoms with van der Waals surface area (Å²) in [5.41, 5.74) is 0. The molecule has 0 radical (unpaired) electrons. The third-order valence-corrected chi connectivity index (χ3v) is 4.35. The maximum absolute atomic E-state index is 11.6. The minimum atomic E-state index is -3.25. The number of nitrogens with one attached hydrogen (secondary N) is 1. The fourth-order valence-corrected chi connectivity index (χ4v) is 3.07. The molecule has 1 aromatic rings. The fraction of sp³-hybridized carbons (Fsp3) is 0.615. The summed E-state index contributed by atoms with van der Waals surface area (Å²) < 4.78 is 28.9. The minimum absolute atomic E-state index is 0.232. The largest absolute Gasteiger partial charge is 0.376 e.